The van der Waals surface area contributed by atoms with Gasteiger partial charge in [-0.1, -0.05) is 36.4 Å². The van der Waals surface area contributed by atoms with Gasteiger partial charge in [-0.3, -0.25) is 14.4 Å². The van der Waals surface area contributed by atoms with Crippen LogP contribution in [0.1, 0.15) is 15.9 Å². The van der Waals surface area contributed by atoms with E-state index in [1.807, 2.05) is 0 Å². The van der Waals surface area contributed by atoms with Gasteiger partial charge in [-0.15, -0.1) is 0 Å². The molecule has 14 heteroatoms. The molecule has 202 valence electrons. The number of methoxy groups -OCH3 is 1. The number of ether oxygens (including phenoxy) is 2. The summed E-state index contributed by atoms with van der Waals surface area (Å²) in [5, 5.41) is 0. The molecule has 3 aromatic rings. The molecule has 4 rings (SSSR count). The highest BCUT2D eigenvalue weighted by molar-refractivity contribution is 6.56. The number of alkyl halides is 4. The molecule has 39 heavy (non-hydrogen) atoms. The molecular weight excluding hydrogens is 538 g/mol. The van der Waals surface area contributed by atoms with E-state index in [0.29, 0.717) is 24.3 Å². The summed E-state index contributed by atoms with van der Waals surface area (Å²) in [6, 6.07) is 7.87. The van der Waals surface area contributed by atoms with Crippen molar-refractivity contribution in [1.29, 1.82) is 0 Å². The van der Waals surface area contributed by atoms with Gasteiger partial charge in [0.15, 0.2) is 11.5 Å². The summed E-state index contributed by atoms with van der Waals surface area (Å²) in [4.78, 5) is 50.1. The molecule has 1 heterocycles. The Morgan fingerprint density at radius 3 is 2.00 bits per heavy atom. The molecule has 0 aromatic heterocycles. The van der Waals surface area contributed by atoms with Crippen LogP contribution in [0.4, 0.5) is 36.8 Å². The number of urea groups is 1. The van der Waals surface area contributed by atoms with Crippen molar-refractivity contribution in [1.82, 2.24) is 4.90 Å². The van der Waals surface area contributed by atoms with Crippen molar-refractivity contribution >= 4 is 29.4 Å². The Kier molecular flexibility index (Phi) is 6.81. The van der Waals surface area contributed by atoms with Gasteiger partial charge < -0.3 is 9.47 Å². The third-order valence-electron chi connectivity index (χ3n) is 5.50. The summed E-state index contributed by atoms with van der Waals surface area (Å²) in [5.74, 6) is -14.4. The van der Waals surface area contributed by atoms with Crippen LogP contribution in [0.2, 0.25) is 0 Å². The predicted octanol–water partition coefficient (Wildman–Crippen LogP) is 4.87. The van der Waals surface area contributed by atoms with Gasteiger partial charge in [0.25, 0.3) is 5.91 Å². The molecule has 0 bridgehead atoms. The van der Waals surface area contributed by atoms with Crippen molar-refractivity contribution < 1.29 is 55.0 Å². The highest BCUT2D eigenvalue weighted by atomic mass is 19.3. The Morgan fingerprint density at radius 2 is 1.41 bits per heavy atom. The van der Waals surface area contributed by atoms with E-state index in [1.54, 1.807) is 0 Å². The molecule has 1 aliphatic rings. The zero-order valence-corrected chi connectivity index (χ0v) is 19.5. The number of amides is 5. The van der Waals surface area contributed by atoms with Crippen LogP contribution in [0.15, 0.2) is 66.7 Å². The molecule has 0 spiro atoms. The molecule has 0 atom stereocenters. The van der Waals surface area contributed by atoms with E-state index in [0.717, 1.165) is 43.5 Å². The van der Waals surface area contributed by atoms with E-state index >= 15 is 0 Å². The maximum absolute atomic E-state index is 14.5. The van der Waals surface area contributed by atoms with Gasteiger partial charge in [-0.25, -0.2) is 18.5 Å². The largest absolute Gasteiger partial charge is 0.493 e. The fourth-order valence-electron chi connectivity index (χ4n) is 3.58. The quantitative estimate of drug-likeness (QED) is 0.180. The molecule has 8 nitrogen and oxygen atoms in total. The maximum atomic E-state index is 14.5. The summed E-state index contributed by atoms with van der Waals surface area (Å²) in [5.41, 5.74) is -2.87. The SMILES string of the molecule is COc1cc(N2C(=O)C(=O)N(C(=O)c3c(F)cccc3F)C2=O)ccc1OC(F)(F)C(F)(F)c1ccccc1. The molecular formula is C25H14F6N2O6. The normalized spacial score (nSPS) is 14.2. The Hall–Kier alpha value is -4.88. The number of halogens is 6. The van der Waals surface area contributed by atoms with Crippen LogP contribution in [0, 0.1) is 11.6 Å². The monoisotopic (exact) mass is 552 g/mol. The first-order chi connectivity index (χ1) is 18.3. The van der Waals surface area contributed by atoms with Gasteiger partial charge in [-0.2, -0.15) is 22.5 Å². The lowest BCUT2D eigenvalue weighted by molar-refractivity contribution is -0.316. The van der Waals surface area contributed by atoms with Crippen molar-refractivity contribution in [3.63, 3.8) is 0 Å². The van der Waals surface area contributed by atoms with Crippen LogP contribution in [0.5, 0.6) is 11.5 Å². The van der Waals surface area contributed by atoms with Gasteiger partial charge in [0.1, 0.15) is 17.2 Å². The Balaban J connectivity index is 1.65. The fourth-order valence-corrected chi connectivity index (χ4v) is 3.58. The average Bonchev–Trinajstić information content (AvgIpc) is 3.11. The highest BCUT2D eigenvalue weighted by Gasteiger charge is 2.61. The van der Waals surface area contributed by atoms with Gasteiger partial charge in [0.2, 0.25) is 0 Å². The Morgan fingerprint density at radius 1 is 0.795 bits per heavy atom. The standard InChI is InChI=1S/C25H14F6N2O6/c1-38-18-12-14(10-11-17(18)39-25(30,31)24(28,29)13-6-3-2-4-7-13)32-21(35)22(36)33(23(32)37)20(34)19-15(26)8-5-9-16(19)27/h2-12H,1H3. The molecule has 0 aliphatic carbocycles. The third kappa shape index (κ3) is 4.53. The van der Waals surface area contributed by atoms with E-state index in [4.69, 9.17) is 4.74 Å². The lowest BCUT2D eigenvalue weighted by atomic mass is 10.1. The van der Waals surface area contributed by atoms with E-state index in [-0.39, 0.29) is 9.80 Å². The first kappa shape index (κ1) is 27.2. The second-order valence-corrected chi connectivity index (χ2v) is 7.86. The zero-order chi connectivity index (χ0) is 28.7. The van der Waals surface area contributed by atoms with E-state index < -0.39 is 75.7 Å². The van der Waals surface area contributed by atoms with Crippen LogP contribution in [0.3, 0.4) is 0 Å². The number of benzene rings is 3. The van der Waals surface area contributed by atoms with Gasteiger partial charge in [-0.05, 0) is 24.3 Å². The molecule has 0 saturated carbocycles. The van der Waals surface area contributed by atoms with Crippen molar-refractivity contribution in [2.24, 2.45) is 0 Å². The minimum atomic E-state index is -5.11. The van der Waals surface area contributed by atoms with Gasteiger partial charge >= 0.3 is 29.9 Å². The number of imide groups is 4. The molecule has 1 fully saturated rings. The van der Waals surface area contributed by atoms with Crippen molar-refractivity contribution in [2.75, 3.05) is 12.0 Å². The smallest absolute Gasteiger partial charge is 0.469 e. The number of hydrogen-bond acceptors (Lipinski definition) is 6. The van der Waals surface area contributed by atoms with Crippen molar-refractivity contribution in [3.05, 3.63) is 89.5 Å². The number of hydrogen-bond donors (Lipinski definition) is 0. The van der Waals surface area contributed by atoms with Crippen LogP contribution < -0.4 is 14.4 Å². The first-order valence-electron chi connectivity index (χ1n) is 10.7. The van der Waals surface area contributed by atoms with Gasteiger partial charge in [0.05, 0.1) is 12.8 Å². The Bertz CT molecular complexity index is 1480. The number of carbonyl (C=O) groups is 4. The number of carbonyl (C=O) groups excluding carboxylic acids is 4. The number of rotatable bonds is 7. The second-order valence-electron chi connectivity index (χ2n) is 7.86. The molecule has 0 radical (unpaired) electrons. The predicted molar refractivity (Wildman–Crippen MR) is 119 cm³/mol. The van der Waals surface area contributed by atoms with Crippen LogP contribution in [0.25, 0.3) is 0 Å². The van der Waals surface area contributed by atoms with Crippen LogP contribution in [-0.4, -0.2) is 41.9 Å². The summed E-state index contributed by atoms with van der Waals surface area (Å²) in [7, 11) is 0.926. The summed E-state index contributed by atoms with van der Waals surface area (Å²) in [6.07, 6.45) is -5.11. The molecule has 1 saturated heterocycles. The zero-order valence-electron chi connectivity index (χ0n) is 19.5. The average molecular weight is 552 g/mol. The molecule has 5 amide bonds. The van der Waals surface area contributed by atoms with Crippen molar-refractivity contribution in [2.45, 2.75) is 12.0 Å². The van der Waals surface area contributed by atoms with E-state index in [9.17, 15) is 45.5 Å². The molecule has 0 unspecified atom stereocenters. The first-order valence-corrected chi connectivity index (χ1v) is 10.7. The topological polar surface area (TPSA) is 93.2 Å². The molecule has 3 aromatic carbocycles. The highest BCUT2D eigenvalue weighted by Crippen LogP contribution is 2.46. The van der Waals surface area contributed by atoms with E-state index in [1.165, 1.54) is 6.07 Å². The van der Waals surface area contributed by atoms with Crippen LogP contribution in [-0.2, 0) is 15.5 Å². The minimum absolute atomic E-state index is 0.0992. The summed E-state index contributed by atoms with van der Waals surface area (Å²) in [6.45, 7) is 0. The van der Waals surface area contributed by atoms with Crippen LogP contribution >= 0.6 is 0 Å². The minimum Gasteiger partial charge on any atom is -0.493 e. The summed E-state index contributed by atoms with van der Waals surface area (Å²) >= 11 is 0. The lowest BCUT2D eigenvalue weighted by Crippen LogP contribution is -2.43. The Labute approximate surface area is 214 Å². The third-order valence-corrected chi connectivity index (χ3v) is 5.50. The van der Waals surface area contributed by atoms with Gasteiger partial charge in [0, 0.05) is 11.6 Å². The molecule has 1 aliphatic heterocycles. The maximum Gasteiger partial charge on any atom is 0.469 e. The van der Waals surface area contributed by atoms with Crippen molar-refractivity contribution in [3.8, 4) is 11.5 Å². The lowest BCUT2D eigenvalue weighted by Gasteiger charge is -2.27. The summed E-state index contributed by atoms with van der Waals surface area (Å²) < 4.78 is 95.3. The van der Waals surface area contributed by atoms with E-state index in [2.05, 4.69) is 4.74 Å². The fraction of sp³-hybridized carbons (Fsp3) is 0.120. The second kappa shape index (κ2) is 9.78. The molecule has 0 N–H and O–H groups in total. The number of nitrogens with zero attached hydrogens (tertiary/aromatic N) is 2. The number of anilines is 1.